The van der Waals surface area contributed by atoms with Crippen molar-refractivity contribution in [1.29, 1.82) is 0 Å². The van der Waals surface area contributed by atoms with E-state index in [2.05, 4.69) is 6.92 Å². The Morgan fingerprint density at radius 1 is 1.32 bits per heavy atom. The highest BCUT2D eigenvalue weighted by Gasteiger charge is 2.51. The van der Waals surface area contributed by atoms with Gasteiger partial charge in [0.05, 0.1) is 19.3 Å². The molecule has 2 heterocycles. The van der Waals surface area contributed by atoms with Gasteiger partial charge in [0.2, 0.25) is 0 Å². The molecule has 0 radical (unpaired) electrons. The molecule has 2 aliphatic heterocycles. The summed E-state index contributed by atoms with van der Waals surface area (Å²) < 4.78 is 23.4. The number of carbonyl (C=O) groups is 1. The minimum atomic E-state index is -0.539. The molecule has 22 heavy (non-hydrogen) atoms. The summed E-state index contributed by atoms with van der Waals surface area (Å²) in [6.45, 7) is 7.03. The Morgan fingerprint density at radius 3 is 2.73 bits per heavy atom. The predicted molar refractivity (Wildman–Crippen MR) is 80.1 cm³/mol. The summed E-state index contributed by atoms with van der Waals surface area (Å²) in [5.74, 6) is 0.386. The number of benzene rings is 1. The van der Waals surface area contributed by atoms with Crippen molar-refractivity contribution in [3.63, 3.8) is 0 Å². The molecule has 0 amide bonds. The zero-order valence-corrected chi connectivity index (χ0v) is 13.2. The summed E-state index contributed by atoms with van der Waals surface area (Å²) in [6.07, 6.45) is 0.763. The van der Waals surface area contributed by atoms with Crippen LogP contribution in [0.15, 0.2) is 24.3 Å². The van der Waals surface area contributed by atoms with Gasteiger partial charge in [-0.3, -0.25) is 4.79 Å². The zero-order chi connectivity index (χ0) is 15.7. The third kappa shape index (κ3) is 3.16. The molecule has 2 aliphatic rings. The van der Waals surface area contributed by atoms with Crippen molar-refractivity contribution >= 4 is 6.29 Å². The molecule has 0 aliphatic carbocycles. The lowest BCUT2D eigenvalue weighted by Crippen LogP contribution is -2.36. The number of fused-ring (bicyclic) bond motifs is 1. The Hall–Kier alpha value is -1.43. The standard InChI is InChI=1S/C17H22O5/c1-11(9-19-13-6-4-12(8-18)5-7-13)15-16-14(10-20-15)21-17(2,3)22-16/h4-8,11,14-16H,9-10H2,1-3H3/t11?,14-,15?,16-/m1/s1. The fourth-order valence-corrected chi connectivity index (χ4v) is 3.02. The number of rotatable bonds is 5. The molecule has 0 saturated carbocycles. The minimum absolute atomic E-state index is 0.00863. The van der Waals surface area contributed by atoms with Crippen molar-refractivity contribution in [1.82, 2.24) is 0 Å². The molecular weight excluding hydrogens is 284 g/mol. The fourth-order valence-electron chi connectivity index (χ4n) is 3.02. The smallest absolute Gasteiger partial charge is 0.164 e. The molecule has 3 rings (SSSR count). The number of hydrogen-bond acceptors (Lipinski definition) is 5. The largest absolute Gasteiger partial charge is 0.493 e. The van der Waals surface area contributed by atoms with Crippen molar-refractivity contribution in [2.75, 3.05) is 13.2 Å². The van der Waals surface area contributed by atoms with Gasteiger partial charge in [-0.2, -0.15) is 0 Å². The molecule has 4 atom stereocenters. The van der Waals surface area contributed by atoms with E-state index in [0.717, 1.165) is 12.0 Å². The van der Waals surface area contributed by atoms with E-state index in [1.54, 1.807) is 24.3 Å². The van der Waals surface area contributed by atoms with Crippen LogP contribution in [-0.4, -0.2) is 43.6 Å². The van der Waals surface area contributed by atoms with Crippen LogP contribution in [0.1, 0.15) is 31.1 Å². The van der Waals surface area contributed by atoms with Gasteiger partial charge in [0, 0.05) is 11.5 Å². The van der Waals surface area contributed by atoms with Crippen LogP contribution >= 0.6 is 0 Å². The van der Waals surface area contributed by atoms with Crippen LogP contribution in [0.5, 0.6) is 5.75 Å². The van der Waals surface area contributed by atoms with E-state index in [0.29, 0.717) is 18.8 Å². The van der Waals surface area contributed by atoms with Gasteiger partial charge in [0.1, 0.15) is 24.2 Å². The van der Waals surface area contributed by atoms with Crippen LogP contribution in [-0.2, 0) is 14.2 Å². The van der Waals surface area contributed by atoms with Gasteiger partial charge >= 0.3 is 0 Å². The number of carbonyl (C=O) groups excluding carboxylic acids is 1. The second-order valence-corrected chi connectivity index (χ2v) is 6.41. The third-order valence-corrected chi connectivity index (χ3v) is 4.09. The van der Waals surface area contributed by atoms with Gasteiger partial charge in [-0.1, -0.05) is 6.92 Å². The molecule has 1 aromatic carbocycles. The lowest BCUT2D eigenvalue weighted by Gasteiger charge is -2.25. The zero-order valence-electron chi connectivity index (χ0n) is 13.2. The number of aldehydes is 1. The van der Waals surface area contributed by atoms with Crippen LogP contribution in [0.2, 0.25) is 0 Å². The van der Waals surface area contributed by atoms with Gasteiger partial charge in [0.25, 0.3) is 0 Å². The first-order valence-corrected chi connectivity index (χ1v) is 7.64. The van der Waals surface area contributed by atoms with E-state index in [1.807, 2.05) is 13.8 Å². The lowest BCUT2D eigenvalue weighted by molar-refractivity contribution is -0.180. The molecule has 5 nitrogen and oxygen atoms in total. The Labute approximate surface area is 130 Å². The topological polar surface area (TPSA) is 54.0 Å². The van der Waals surface area contributed by atoms with Crippen molar-refractivity contribution in [3.05, 3.63) is 29.8 Å². The van der Waals surface area contributed by atoms with Gasteiger partial charge in [-0.25, -0.2) is 0 Å². The average molecular weight is 306 g/mol. The van der Waals surface area contributed by atoms with Crippen molar-refractivity contribution in [3.8, 4) is 5.75 Å². The normalized spacial score (nSPS) is 30.8. The van der Waals surface area contributed by atoms with Gasteiger partial charge < -0.3 is 18.9 Å². The van der Waals surface area contributed by atoms with Gasteiger partial charge in [-0.05, 0) is 38.1 Å². The molecule has 0 aromatic heterocycles. The SMILES string of the molecule is CC(COc1ccc(C=O)cc1)C1OC[C@H]2OC(C)(C)O[C@@H]12. The fraction of sp³-hybridized carbons (Fsp3) is 0.588. The minimum Gasteiger partial charge on any atom is -0.493 e. The molecule has 0 N–H and O–H groups in total. The molecule has 5 heteroatoms. The summed E-state index contributed by atoms with van der Waals surface area (Å²) >= 11 is 0. The Bertz CT molecular complexity index is 524. The monoisotopic (exact) mass is 306 g/mol. The van der Waals surface area contributed by atoms with E-state index in [4.69, 9.17) is 18.9 Å². The average Bonchev–Trinajstić information content (AvgIpc) is 3.00. The summed E-state index contributed by atoms with van der Waals surface area (Å²) in [7, 11) is 0. The summed E-state index contributed by atoms with van der Waals surface area (Å²) in [5.41, 5.74) is 0.640. The number of ether oxygens (including phenoxy) is 4. The third-order valence-electron chi connectivity index (χ3n) is 4.09. The molecule has 2 fully saturated rings. The highest BCUT2D eigenvalue weighted by Crippen LogP contribution is 2.37. The van der Waals surface area contributed by atoms with Crippen LogP contribution in [0.4, 0.5) is 0 Å². The quantitative estimate of drug-likeness (QED) is 0.782. The van der Waals surface area contributed by atoms with E-state index < -0.39 is 5.79 Å². The first kappa shape index (κ1) is 15.5. The van der Waals surface area contributed by atoms with Crippen LogP contribution < -0.4 is 4.74 Å². The summed E-state index contributed by atoms with van der Waals surface area (Å²) in [5, 5.41) is 0. The first-order chi connectivity index (χ1) is 10.5. The summed E-state index contributed by atoms with van der Waals surface area (Å²) in [6, 6.07) is 7.08. The molecule has 1 aromatic rings. The Balaban J connectivity index is 1.55. The highest BCUT2D eigenvalue weighted by atomic mass is 16.8. The lowest BCUT2D eigenvalue weighted by atomic mass is 9.99. The van der Waals surface area contributed by atoms with E-state index >= 15 is 0 Å². The van der Waals surface area contributed by atoms with E-state index in [1.165, 1.54) is 0 Å². The Kier molecular flexibility index (Phi) is 4.21. The number of hydrogen-bond donors (Lipinski definition) is 0. The molecule has 2 unspecified atom stereocenters. The molecule has 120 valence electrons. The van der Waals surface area contributed by atoms with E-state index in [-0.39, 0.29) is 24.2 Å². The maximum absolute atomic E-state index is 10.6. The second-order valence-electron chi connectivity index (χ2n) is 6.41. The highest BCUT2D eigenvalue weighted by molar-refractivity contribution is 5.74. The summed E-state index contributed by atoms with van der Waals surface area (Å²) in [4.78, 5) is 10.6. The maximum atomic E-state index is 10.6. The van der Waals surface area contributed by atoms with Crippen LogP contribution in [0, 0.1) is 5.92 Å². The van der Waals surface area contributed by atoms with Crippen molar-refractivity contribution in [2.24, 2.45) is 5.92 Å². The predicted octanol–water partition coefficient (Wildman–Crippen LogP) is 2.43. The molecule has 0 spiro atoms. The van der Waals surface area contributed by atoms with Crippen LogP contribution in [0.25, 0.3) is 0 Å². The van der Waals surface area contributed by atoms with E-state index in [9.17, 15) is 4.79 Å². The maximum Gasteiger partial charge on any atom is 0.164 e. The Morgan fingerprint density at radius 2 is 2.05 bits per heavy atom. The molecule has 0 bridgehead atoms. The molecule has 2 saturated heterocycles. The van der Waals surface area contributed by atoms with Gasteiger partial charge in [0.15, 0.2) is 5.79 Å². The van der Waals surface area contributed by atoms with Crippen LogP contribution in [0.3, 0.4) is 0 Å². The second kappa shape index (κ2) is 5.99. The molecular formula is C17H22O5. The van der Waals surface area contributed by atoms with Crippen molar-refractivity contribution < 1.29 is 23.7 Å². The van der Waals surface area contributed by atoms with Crippen molar-refractivity contribution in [2.45, 2.75) is 44.9 Å². The first-order valence-electron chi connectivity index (χ1n) is 7.64. The van der Waals surface area contributed by atoms with Gasteiger partial charge in [-0.15, -0.1) is 0 Å².